The molecule has 2 atom stereocenters. The van der Waals surface area contributed by atoms with Crippen molar-refractivity contribution in [2.45, 2.75) is 50.8 Å². The molecule has 4 N–H and O–H groups in total. The van der Waals surface area contributed by atoms with Gasteiger partial charge in [-0.2, -0.15) is 5.10 Å². The van der Waals surface area contributed by atoms with Gasteiger partial charge in [-0.15, -0.1) is 0 Å². The van der Waals surface area contributed by atoms with E-state index in [2.05, 4.69) is 15.7 Å². The SMILES string of the molecule is COC1NC(OC2CC(C[C@H](C)NC(=O)c3cnn(-c4ccc(Cl)cc4)c3C)C2)=C(C(N)=O)S1. The van der Waals surface area contributed by atoms with Gasteiger partial charge in [0.05, 0.1) is 23.1 Å². The summed E-state index contributed by atoms with van der Waals surface area (Å²) in [6.45, 7) is 3.87. The molecule has 0 bridgehead atoms. The van der Waals surface area contributed by atoms with Crippen molar-refractivity contribution in [3.63, 3.8) is 0 Å². The Labute approximate surface area is 207 Å². The van der Waals surface area contributed by atoms with Crippen LogP contribution in [0.5, 0.6) is 0 Å². The molecule has 0 radical (unpaired) electrons. The molecule has 1 unspecified atom stereocenters. The molecule has 1 aromatic heterocycles. The quantitative estimate of drug-likeness (QED) is 0.479. The molecule has 1 aliphatic heterocycles. The third-order valence-corrected chi connectivity index (χ3v) is 7.38. The van der Waals surface area contributed by atoms with E-state index in [0.717, 1.165) is 30.6 Å². The van der Waals surface area contributed by atoms with Crippen LogP contribution in [0.15, 0.2) is 41.3 Å². The Hall–Kier alpha value is -2.69. The first-order chi connectivity index (χ1) is 16.2. The molecule has 9 nitrogen and oxygen atoms in total. The highest BCUT2D eigenvalue weighted by atomic mass is 35.5. The second-order valence-electron chi connectivity index (χ2n) is 8.57. The minimum atomic E-state index is -0.533. The molecular formula is C23H28ClN5O4S. The van der Waals surface area contributed by atoms with Crippen LogP contribution < -0.4 is 16.4 Å². The first-order valence-corrected chi connectivity index (χ1v) is 12.3. The van der Waals surface area contributed by atoms with Crippen molar-refractivity contribution >= 4 is 35.2 Å². The number of hydrogen-bond donors (Lipinski definition) is 3. The van der Waals surface area contributed by atoms with E-state index in [1.807, 2.05) is 26.0 Å². The number of thioether (sulfide) groups is 1. The molecular weight excluding hydrogens is 478 g/mol. The van der Waals surface area contributed by atoms with Gasteiger partial charge in [-0.25, -0.2) is 4.68 Å². The molecule has 2 aromatic rings. The van der Waals surface area contributed by atoms with E-state index >= 15 is 0 Å². The summed E-state index contributed by atoms with van der Waals surface area (Å²) in [6, 6.07) is 7.30. The maximum Gasteiger partial charge on any atom is 0.260 e. The summed E-state index contributed by atoms with van der Waals surface area (Å²) in [5, 5.41) is 11.1. The van der Waals surface area contributed by atoms with Gasteiger partial charge in [0.15, 0.2) is 5.56 Å². The summed E-state index contributed by atoms with van der Waals surface area (Å²) in [4.78, 5) is 24.8. The third-order valence-electron chi connectivity index (χ3n) is 5.98. The van der Waals surface area contributed by atoms with E-state index in [1.54, 1.807) is 30.1 Å². The zero-order chi connectivity index (χ0) is 24.4. The van der Waals surface area contributed by atoms with E-state index in [0.29, 0.717) is 27.3 Å². The largest absolute Gasteiger partial charge is 0.475 e. The lowest BCUT2D eigenvalue weighted by Crippen LogP contribution is -2.40. The van der Waals surface area contributed by atoms with Crippen molar-refractivity contribution in [1.82, 2.24) is 20.4 Å². The van der Waals surface area contributed by atoms with Gasteiger partial charge in [-0.3, -0.25) is 9.59 Å². The maximum absolute atomic E-state index is 12.8. The lowest BCUT2D eigenvalue weighted by atomic mass is 9.78. The Morgan fingerprint density at radius 2 is 2.06 bits per heavy atom. The van der Waals surface area contributed by atoms with E-state index < -0.39 is 5.91 Å². The fourth-order valence-corrected chi connectivity index (χ4v) is 5.13. The van der Waals surface area contributed by atoms with E-state index in [9.17, 15) is 9.59 Å². The summed E-state index contributed by atoms with van der Waals surface area (Å²) in [7, 11) is 1.55. The highest BCUT2D eigenvalue weighted by Crippen LogP contribution is 2.38. The van der Waals surface area contributed by atoms with Crippen LogP contribution in [-0.2, 0) is 14.3 Å². The number of nitrogens with two attached hydrogens (primary N) is 1. The molecule has 0 saturated heterocycles. The van der Waals surface area contributed by atoms with Gasteiger partial charge in [0, 0.05) is 18.2 Å². The van der Waals surface area contributed by atoms with Crippen molar-refractivity contribution in [3.05, 3.63) is 57.5 Å². The minimum absolute atomic E-state index is 0.000750. The fraction of sp³-hybridized carbons (Fsp3) is 0.435. The van der Waals surface area contributed by atoms with Gasteiger partial charge >= 0.3 is 0 Å². The second kappa shape index (κ2) is 10.3. The number of aromatic nitrogens is 2. The standard InChI is InChI=1S/C23H28ClN5O4S/c1-12(8-14-9-17(10-14)33-22-19(20(25)30)34-23(28-22)32-3)27-21(31)18-11-26-29(13(18)2)16-6-4-15(24)5-7-16/h4-7,11-12,14,17,23,28H,8-10H2,1-3H3,(H2,25,30)(H,27,31)/t12-,14?,17?,23?/m0/s1. The Morgan fingerprint density at radius 3 is 2.71 bits per heavy atom. The molecule has 2 amide bonds. The molecule has 4 rings (SSSR count). The summed E-state index contributed by atoms with van der Waals surface area (Å²) in [5.41, 5.74) is 7.20. The molecule has 1 aromatic carbocycles. The van der Waals surface area contributed by atoms with Gasteiger partial charge in [0.1, 0.15) is 11.0 Å². The zero-order valence-corrected chi connectivity index (χ0v) is 20.8. The van der Waals surface area contributed by atoms with Crippen LogP contribution in [0.4, 0.5) is 0 Å². The van der Waals surface area contributed by atoms with Crippen molar-refractivity contribution in [2.75, 3.05) is 7.11 Å². The number of nitrogens with one attached hydrogen (secondary N) is 2. The smallest absolute Gasteiger partial charge is 0.260 e. The van der Waals surface area contributed by atoms with Crippen LogP contribution in [0.1, 0.15) is 42.2 Å². The average molecular weight is 506 g/mol. The Balaban J connectivity index is 1.26. The number of amides is 2. The van der Waals surface area contributed by atoms with Crippen molar-refractivity contribution in [2.24, 2.45) is 11.7 Å². The Kier molecular flexibility index (Phi) is 7.39. The number of carbonyl (C=O) groups excluding carboxylic acids is 2. The van der Waals surface area contributed by atoms with Crippen LogP contribution in [0.3, 0.4) is 0 Å². The Morgan fingerprint density at radius 1 is 1.35 bits per heavy atom. The number of primary amides is 1. The monoisotopic (exact) mass is 505 g/mol. The van der Waals surface area contributed by atoms with Crippen LogP contribution in [0.2, 0.25) is 5.02 Å². The van der Waals surface area contributed by atoms with E-state index in [1.165, 1.54) is 11.8 Å². The number of methoxy groups -OCH3 is 1. The first kappa shape index (κ1) is 24.4. The molecule has 1 saturated carbocycles. The van der Waals surface area contributed by atoms with E-state index in [-0.39, 0.29) is 23.6 Å². The number of carbonyl (C=O) groups is 2. The number of halogens is 1. The van der Waals surface area contributed by atoms with Crippen molar-refractivity contribution < 1.29 is 19.1 Å². The highest BCUT2D eigenvalue weighted by molar-refractivity contribution is 8.04. The summed E-state index contributed by atoms with van der Waals surface area (Å²) < 4.78 is 12.9. The number of benzene rings is 1. The average Bonchev–Trinajstić information content (AvgIpc) is 3.36. The Bertz CT molecular complexity index is 1100. The normalized spacial score (nSPS) is 22.6. The highest BCUT2D eigenvalue weighted by Gasteiger charge is 2.36. The van der Waals surface area contributed by atoms with Gasteiger partial charge in [0.2, 0.25) is 5.88 Å². The van der Waals surface area contributed by atoms with Gasteiger partial charge in [-0.05, 0) is 63.3 Å². The van der Waals surface area contributed by atoms with Gasteiger partial charge < -0.3 is 25.8 Å². The molecule has 1 aliphatic carbocycles. The van der Waals surface area contributed by atoms with Crippen molar-refractivity contribution in [1.29, 1.82) is 0 Å². The first-order valence-electron chi connectivity index (χ1n) is 11.0. The predicted octanol–water partition coefficient (Wildman–Crippen LogP) is 3.06. The number of hydrogen-bond acceptors (Lipinski definition) is 7. The molecule has 2 heterocycles. The number of nitrogens with zero attached hydrogens (tertiary/aromatic N) is 2. The summed E-state index contributed by atoms with van der Waals surface area (Å²) in [5.74, 6) is 0.130. The molecule has 1 fully saturated rings. The lowest BCUT2D eigenvalue weighted by molar-refractivity contribution is -0.114. The van der Waals surface area contributed by atoms with Crippen molar-refractivity contribution in [3.8, 4) is 5.69 Å². The fourth-order valence-electron chi connectivity index (χ4n) is 4.19. The molecule has 34 heavy (non-hydrogen) atoms. The molecule has 0 spiro atoms. The summed E-state index contributed by atoms with van der Waals surface area (Å²) >= 11 is 7.17. The summed E-state index contributed by atoms with van der Waals surface area (Å²) in [6.07, 6.45) is 4.10. The topological polar surface area (TPSA) is 120 Å². The maximum atomic E-state index is 12.8. The van der Waals surface area contributed by atoms with Crippen LogP contribution in [0.25, 0.3) is 5.69 Å². The molecule has 2 aliphatic rings. The lowest BCUT2D eigenvalue weighted by Gasteiger charge is -2.37. The van der Waals surface area contributed by atoms with Crippen LogP contribution in [0, 0.1) is 12.8 Å². The second-order valence-corrected chi connectivity index (χ2v) is 10.1. The number of rotatable bonds is 9. The third kappa shape index (κ3) is 5.34. The minimum Gasteiger partial charge on any atom is -0.475 e. The van der Waals surface area contributed by atoms with Crippen LogP contribution in [-0.4, -0.2) is 46.4 Å². The van der Waals surface area contributed by atoms with Gasteiger partial charge in [-0.1, -0.05) is 23.4 Å². The molecule has 182 valence electrons. The number of ether oxygens (including phenoxy) is 2. The zero-order valence-electron chi connectivity index (χ0n) is 19.2. The van der Waals surface area contributed by atoms with Crippen LogP contribution >= 0.6 is 23.4 Å². The van der Waals surface area contributed by atoms with Gasteiger partial charge in [0.25, 0.3) is 11.8 Å². The predicted molar refractivity (Wildman–Crippen MR) is 130 cm³/mol. The molecule has 11 heteroatoms. The van der Waals surface area contributed by atoms with E-state index in [4.69, 9.17) is 26.8 Å².